The van der Waals surface area contributed by atoms with E-state index < -0.39 is 10.0 Å². The van der Waals surface area contributed by atoms with Gasteiger partial charge in [0.15, 0.2) is 0 Å². The molecular formula is C19H23BrN2O3S. The van der Waals surface area contributed by atoms with Gasteiger partial charge >= 0.3 is 0 Å². The molecule has 0 unspecified atom stereocenters. The van der Waals surface area contributed by atoms with Crippen molar-refractivity contribution < 1.29 is 13.2 Å². The van der Waals surface area contributed by atoms with Gasteiger partial charge in [-0.25, -0.2) is 8.42 Å². The summed E-state index contributed by atoms with van der Waals surface area (Å²) in [6, 6.07) is 13.0. The predicted molar refractivity (Wildman–Crippen MR) is 107 cm³/mol. The molecule has 2 aromatic carbocycles. The number of halogens is 1. The zero-order valence-corrected chi connectivity index (χ0v) is 17.4. The number of ether oxygens (including phenoxy) is 1. The lowest BCUT2D eigenvalue weighted by atomic mass is 10.1. The molecule has 26 heavy (non-hydrogen) atoms. The fourth-order valence-electron chi connectivity index (χ4n) is 3.26. The summed E-state index contributed by atoms with van der Waals surface area (Å²) >= 11 is 3.35. The van der Waals surface area contributed by atoms with Crippen LogP contribution in [0.3, 0.4) is 0 Å². The van der Waals surface area contributed by atoms with E-state index in [2.05, 4.69) is 26.9 Å². The standard InChI is InChI=1S/C19H23BrN2O3S/c1-21(26(23,24)19-13-16(20)9-10-18(19)25-2)14-15-7-3-4-8-17(15)22-11-5-6-12-22/h3-4,7-10,13H,5-6,11-12,14H2,1-2H3. The largest absolute Gasteiger partial charge is 0.495 e. The van der Waals surface area contributed by atoms with E-state index in [-0.39, 0.29) is 4.90 Å². The van der Waals surface area contributed by atoms with E-state index in [0.29, 0.717) is 16.8 Å². The van der Waals surface area contributed by atoms with Gasteiger partial charge in [0.2, 0.25) is 10.0 Å². The van der Waals surface area contributed by atoms with Crippen molar-refractivity contribution in [3.8, 4) is 5.75 Å². The van der Waals surface area contributed by atoms with Crippen LogP contribution >= 0.6 is 15.9 Å². The first-order chi connectivity index (χ1) is 12.4. The quantitative estimate of drug-likeness (QED) is 0.686. The Hall–Kier alpha value is -1.57. The molecule has 0 saturated carbocycles. The zero-order valence-electron chi connectivity index (χ0n) is 15.0. The minimum atomic E-state index is -3.68. The summed E-state index contributed by atoms with van der Waals surface area (Å²) in [5.41, 5.74) is 2.13. The lowest BCUT2D eigenvalue weighted by Gasteiger charge is -2.24. The molecule has 7 heteroatoms. The van der Waals surface area contributed by atoms with Crippen molar-refractivity contribution in [1.82, 2.24) is 4.31 Å². The zero-order chi connectivity index (χ0) is 18.7. The maximum atomic E-state index is 13.1. The summed E-state index contributed by atoms with van der Waals surface area (Å²) in [6.07, 6.45) is 2.36. The number of para-hydroxylation sites is 1. The van der Waals surface area contributed by atoms with Crippen LogP contribution in [0.4, 0.5) is 5.69 Å². The minimum Gasteiger partial charge on any atom is -0.495 e. The third-order valence-corrected chi connectivity index (χ3v) is 6.96. The van der Waals surface area contributed by atoms with E-state index in [1.54, 1.807) is 25.2 Å². The van der Waals surface area contributed by atoms with Gasteiger partial charge in [0.1, 0.15) is 10.6 Å². The maximum absolute atomic E-state index is 13.1. The highest BCUT2D eigenvalue weighted by atomic mass is 79.9. The summed E-state index contributed by atoms with van der Waals surface area (Å²) in [7, 11) is -0.598. The SMILES string of the molecule is COc1ccc(Br)cc1S(=O)(=O)N(C)Cc1ccccc1N1CCCC1. The molecule has 0 aromatic heterocycles. The van der Waals surface area contributed by atoms with Crippen LogP contribution in [0, 0.1) is 0 Å². The van der Waals surface area contributed by atoms with Gasteiger partial charge in [0, 0.05) is 36.8 Å². The van der Waals surface area contributed by atoms with Gasteiger partial charge in [-0.3, -0.25) is 0 Å². The molecule has 0 aliphatic carbocycles. The molecule has 2 aromatic rings. The lowest BCUT2D eigenvalue weighted by Crippen LogP contribution is -2.28. The van der Waals surface area contributed by atoms with Crippen LogP contribution in [-0.2, 0) is 16.6 Å². The van der Waals surface area contributed by atoms with E-state index in [4.69, 9.17) is 4.74 Å². The number of hydrogen-bond donors (Lipinski definition) is 0. The number of benzene rings is 2. The van der Waals surface area contributed by atoms with Gasteiger partial charge in [-0.05, 0) is 42.7 Å². The molecule has 0 bridgehead atoms. The Balaban J connectivity index is 1.91. The molecule has 1 aliphatic heterocycles. The van der Waals surface area contributed by atoms with E-state index in [0.717, 1.165) is 24.3 Å². The highest BCUT2D eigenvalue weighted by Gasteiger charge is 2.26. The average molecular weight is 439 g/mol. The van der Waals surface area contributed by atoms with Gasteiger partial charge in [-0.2, -0.15) is 4.31 Å². The van der Waals surface area contributed by atoms with Gasteiger partial charge in [-0.1, -0.05) is 34.1 Å². The number of anilines is 1. The van der Waals surface area contributed by atoms with Crippen molar-refractivity contribution in [2.24, 2.45) is 0 Å². The van der Waals surface area contributed by atoms with Gasteiger partial charge in [0.05, 0.1) is 7.11 Å². The average Bonchev–Trinajstić information content (AvgIpc) is 3.16. The molecule has 1 saturated heterocycles. The van der Waals surface area contributed by atoms with Gasteiger partial charge in [-0.15, -0.1) is 0 Å². The van der Waals surface area contributed by atoms with Gasteiger partial charge in [0.25, 0.3) is 0 Å². The number of hydrogen-bond acceptors (Lipinski definition) is 4. The van der Waals surface area contributed by atoms with Crippen LogP contribution in [0.2, 0.25) is 0 Å². The highest BCUT2D eigenvalue weighted by molar-refractivity contribution is 9.10. The van der Waals surface area contributed by atoms with Gasteiger partial charge < -0.3 is 9.64 Å². The Bertz CT molecular complexity index is 880. The van der Waals surface area contributed by atoms with Crippen molar-refractivity contribution in [3.05, 3.63) is 52.5 Å². The molecule has 0 N–H and O–H groups in total. The summed E-state index contributed by atoms with van der Waals surface area (Å²) in [5.74, 6) is 0.341. The highest BCUT2D eigenvalue weighted by Crippen LogP contribution is 2.31. The first-order valence-electron chi connectivity index (χ1n) is 8.56. The summed E-state index contributed by atoms with van der Waals surface area (Å²) in [4.78, 5) is 2.49. The predicted octanol–water partition coefficient (Wildman–Crippen LogP) is 3.88. The monoisotopic (exact) mass is 438 g/mol. The van der Waals surface area contributed by atoms with Crippen molar-refractivity contribution in [3.63, 3.8) is 0 Å². The van der Waals surface area contributed by atoms with Crippen molar-refractivity contribution in [1.29, 1.82) is 0 Å². The van der Waals surface area contributed by atoms with E-state index in [1.165, 1.54) is 24.3 Å². The minimum absolute atomic E-state index is 0.163. The topological polar surface area (TPSA) is 49.9 Å². The molecule has 1 heterocycles. The Morgan fingerprint density at radius 2 is 1.85 bits per heavy atom. The first kappa shape index (κ1) is 19.2. The fourth-order valence-corrected chi connectivity index (χ4v) is 5.09. The lowest BCUT2D eigenvalue weighted by molar-refractivity contribution is 0.397. The molecule has 0 atom stereocenters. The number of methoxy groups -OCH3 is 1. The first-order valence-corrected chi connectivity index (χ1v) is 10.8. The van der Waals surface area contributed by atoms with E-state index >= 15 is 0 Å². The van der Waals surface area contributed by atoms with E-state index in [1.807, 2.05) is 18.2 Å². The second-order valence-corrected chi connectivity index (χ2v) is 9.31. The number of sulfonamides is 1. The number of nitrogens with zero attached hydrogens (tertiary/aromatic N) is 2. The van der Waals surface area contributed by atoms with Crippen LogP contribution in [-0.4, -0.2) is 40.0 Å². The van der Waals surface area contributed by atoms with Crippen LogP contribution in [0.5, 0.6) is 5.75 Å². The Kier molecular flexibility index (Phi) is 5.89. The molecule has 3 rings (SSSR count). The molecule has 1 fully saturated rings. The molecule has 0 spiro atoms. The molecule has 0 amide bonds. The number of rotatable bonds is 6. The Morgan fingerprint density at radius 3 is 2.54 bits per heavy atom. The van der Waals surface area contributed by atoms with Crippen molar-refractivity contribution in [2.75, 3.05) is 32.1 Å². The second kappa shape index (κ2) is 7.98. The van der Waals surface area contributed by atoms with Crippen LogP contribution in [0.25, 0.3) is 0 Å². The smallest absolute Gasteiger partial charge is 0.246 e. The van der Waals surface area contributed by atoms with Crippen LogP contribution in [0.15, 0.2) is 51.8 Å². The van der Waals surface area contributed by atoms with Crippen LogP contribution in [0.1, 0.15) is 18.4 Å². The summed E-state index contributed by atoms with van der Waals surface area (Å²) < 4.78 is 33.6. The summed E-state index contributed by atoms with van der Waals surface area (Å²) in [5, 5.41) is 0. The summed E-state index contributed by atoms with van der Waals surface area (Å²) in [6.45, 7) is 2.35. The fraction of sp³-hybridized carbons (Fsp3) is 0.368. The van der Waals surface area contributed by atoms with Crippen LogP contribution < -0.4 is 9.64 Å². The molecule has 5 nitrogen and oxygen atoms in total. The third-order valence-electron chi connectivity index (χ3n) is 4.65. The molecule has 140 valence electrons. The van der Waals surface area contributed by atoms with Crippen molar-refractivity contribution in [2.45, 2.75) is 24.3 Å². The second-order valence-electron chi connectivity index (χ2n) is 6.38. The third kappa shape index (κ3) is 3.89. The van der Waals surface area contributed by atoms with E-state index in [9.17, 15) is 8.42 Å². The Labute approximate surface area is 163 Å². The van der Waals surface area contributed by atoms with Crippen molar-refractivity contribution >= 4 is 31.6 Å². The maximum Gasteiger partial charge on any atom is 0.246 e. The normalized spacial score (nSPS) is 14.8. The molecule has 1 aliphatic rings. The molecular weight excluding hydrogens is 416 g/mol. The Morgan fingerprint density at radius 1 is 1.15 bits per heavy atom. The molecule has 0 radical (unpaired) electrons.